The fourth-order valence-electron chi connectivity index (χ4n) is 3.10. The minimum absolute atomic E-state index is 0.0911. The van der Waals surface area contributed by atoms with E-state index in [4.69, 9.17) is 11.6 Å². The first kappa shape index (κ1) is 21.0. The average molecular weight is 447 g/mol. The third-order valence-corrected chi connectivity index (χ3v) is 8.29. The summed E-state index contributed by atoms with van der Waals surface area (Å²) in [5, 5.41) is -0.118. The molecular weight excluding hydrogens is 427 g/mol. The number of nitrogens with one attached hydrogen (secondary N) is 1. The van der Waals surface area contributed by atoms with E-state index in [9.17, 15) is 21.2 Å². The van der Waals surface area contributed by atoms with Gasteiger partial charge in [0, 0.05) is 18.8 Å². The highest BCUT2D eigenvalue weighted by molar-refractivity contribution is 7.92. The van der Waals surface area contributed by atoms with Gasteiger partial charge in [0.2, 0.25) is 10.0 Å². The highest BCUT2D eigenvalue weighted by atomic mass is 35.5. The molecule has 6 nitrogen and oxygen atoms in total. The van der Waals surface area contributed by atoms with Crippen LogP contribution in [-0.2, 0) is 20.0 Å². The Bertz CT molecular complexity index is 1070. The van der Waals surface area contributed by atoms with Crippen LogP contribution < -0.4 is 4.72 Å². The van der Waals surface area contributed by atoms with Gasteiger partial charge in [0.25, 0.3) is 10.0 Å². The molecule has 1 unspecified atom stereocenters. The van der Waals surface area contributed by atoms with Crippen molar-refractivity contribution < 1.29 is 21.2 Å². The van der Waals surface area contributed by atoms with E-state index in [0.29, 0.717) is 19.0 Å². The lowest BCUT2D eigenvalue weighted by atomic mass is 10.0. The lowest BCUT2D eigenvalue weighted by molar-refractivity contribution is 0.281. The summed E-state index contributed by atoms with van der Waals surface area (Å²) in [5.41, 5.74) is 0.145. The van der Waals surface area contributed by atoms with Crippen LogP contribution in [0.1, 0.15) is 19.8 Å². The first-order valence-corrected chi connectivity index (χ1v) is 12.0. The number of sulfonamides is 2. The van der Waals surface area contributed by atoms with Crippen LogP contribution in [0.3, 0.4) is 0 Å². The van der Waals surface area contributed by atoms with Gasteiger partial charge in [-0.25, -0.2) is 21.2 Å². The van der Waals surface area contributed by atoms with Crippen LogP contribution in [0.4, 0.5) is 10.1 Å². The predicted octanol–water partition coefficient (Wildman–Crippen LogP) is 3.70. The predicted molar refractivity (Wildman–Crippen MR) is 106 cm³/mol. The summed E-state index contributed by atoms with van der Waals surface area (Å²) in [5.74, 6) is -0.437. The first-order chi connectivity index (χ1) is 13.1. The molecule has 0 radical (unpaired) electrons. The minimum Gasteiger partial charge on any atom is -0.280 e. The van der Waals surface area contributed by atoms with Crippen LogP contribution in [0, 0.1) is 11.7 Å². The van der Waals surface area contributed by atoms with E-state index in [1.54, 1.807) is 0 Å². The van der Waals surface area contributed by atoms with Gasteiger partial charge in [-0.1, -0.05) is 18.5 Å². The maximum absolute atomic E-state index is 13.4. The number of nitrogens with zero attached hydrogens (tertiary/aromatic N) is 1. The van der Waals surface area contributed by atoms with E-state index in [0.717, 1.165) is 31.0 Å². The second-order valence-electron chi connectivity index (χ2n) is 6.82. The molecule has 1 fully saturated rings. The number of anilines is 1. The van der Waals surface area contributed by atoms with Gasteiger partial charge in [-0.15, -0.1) is 0 Å². The normalized spacial score (nSPS) is 18.8. The molecule has 0 bridgehead atoms. The second kappa shape index (κ2) is 7.98. The molecule has 0 aliphatic carbocycles. The number of benzene rings is 2. The first-order valence-electron chi connectivity index (χ1n) is 8.68. The molecule has 1 aliphatic heterocycles. The molecule has 1 heterocycles. The molecule has 28 heavy (non-hydrogen) atoms. The molecule has 0 spiro atoms. The summed E-state index contributed by atoms with van der Waals surface area (Å²) < 4.78 is 67.5. The Labute approximate surface area is 169 Å². The lowest BCUT2D eigenvalue weighted by Crippen LogP contribution is -2.39. The van der Waals surface area contributed by atoms with Crippen molar-refractivity contribution in [2.75, 3.05) is 17.8 Å². The minimum atomic E-state index is -4.12. The number of hydrogen-bond acceptors (Lipinski definition) is 4. The summed E-state index contributed by atoms with van der Waals surface area (Å²) in [4.78, 5) is -0.304. The highest BCUT2D eigenvalue weighted by Crippen LogP contribution is 2.27. The molecule has 1 aliphatic rings. The molecule has 0 aromatic heterocycles. The van der Waals surface area contributed by atoms with Crippen molar-refractivity contribution >= 4 is 37.3 Å². The maximum atomic E-state index is 13.4. The molecule has 3 rings (SSSR count). The van der Waals surface area contributed by atoms with Crippen molar-refractivity contribution in [2.24, 2.45) is 5.92 Å². The van der Waals surface area contributed by atoms with Gasteiger partial charge in [0.15, 0.2) is 0 Å². The molecule has 0 amide bonds. The average Bonchev–Trinajstić information content (AvgIpc) is 2.64. The molecule has 2 aromatic carbocycles. The van der Waals surface area contributed by atoms with Crippen molar-refractivity contribution in [3.8, 4) is 0 Å². The van der Waals surface area contributed by atoms with E-state index in [1.165, 1.54) is 28.6 Å². The molecule has 1 N–H and O–H groups in total. The Hall–Kier alpha value is -1.68. The maximum Gasteiger partial charge on any atom is 0.263 e. The van der Waals surface area contributed by atoms with Gasteiger partial charge in [-0.3, -0.25) is 4.72 Å². The summed E-state index contributed by atoms with van der Waals surface area (Å²) in [6, 6.07) is 8.43. The van der Waals surface area contributed by atoms with Crippen LogP contribution in [0.25, 0.3) is 0 Å². The molecule has 2 aromatic rings. The fourth-order valence-corrected chi connectivity index (χ4v) is 6.27. The molecule has 10 heteroatoms. The highest BCUT2D eigenvalue weighted by Gasteiger charge is 2.28. The zero-order chi connectivity index (χ0) is 20.5. The molecule has 1 atom stereocenters. The third-order valence-electron chi connectivity index (χ3n) is 4.55. The molecule has 0 saturated carbocycles. The Balaban J connectivity index is 1.82. The van der Waals surface area contributed by atoms with Crippen LogP contribution >= 0.6 is 11.6 Å². The standard InChI is InChI=1S/C18H20ClFN2O4S2/c1-13-3-2-10-22(12-13)28(25,26)16-7-5-15(6-8-16)21-27(23,24)18-11-14(20)4-9-17(18)19/h4-9,11,13,21H,2-3,10,12H2,1H3. The van der Waals surface area contributed by atoms with Crippen LogP contribution in [0.5, 0.6) is 0 Å². The van der Waals surface area contributed by atoms with Crippen LogP contribution in [-0.4, -0.2) is 34.2 Å². The van der Waals surface area contributed by atoms with Gasteiger partial charge < -0.3 is 0 Å². The summed E-state index contributed by atoms with van der Waals surface area (Å²) >= 11 is 5.86. The van der Waals surface area contributed by atoms with Gasteiger partial charge in [0.05, 0.1) is 9.92 Å². The van der Waals surface area contributed by atoms with E-state index < -0.39 is 30.8 Å². The van der Waals surface area contributed by atoms with Gasteiger partial charge in [-0.05, 0) is 61.2 Å². The third kappa shape index (κ3) is 4.48. The number of rotatable bonds is 5. The van der Waals surface area contributed by atoms with Crippen molar-refractivity contribution in [3.63, 3.8) is 0 Å². The lowest BCUT2D eigenvalue weighted by Gasteiger charge is -2.30. The fraction of sp³-hybridized carbons (Fsp3) is 0.333. The molecule has 152 valence electrons. The molecule has 1 saturated heterocycles. The van der Waals surface area contributed by atoms with Crippen molar-refractivity contribution in [3.05, 3.63) is 53.3 Å². The van der Waals surface area contributed by atoms with Crippen molar-refractivity contribution in [1.82, 2.24) is 4.31 Å². The van der Waals surface area contributed by atoms with Gasteiger partial charge in [-0.2, -0.15) is 4.31 Å². The van der Waals surface area contributed by atoms with E-state index in [2.05, 4.69) is 4.72 Å². The summed E-state index contributed by atoms with van der Waals surface area (Å²) in [7, 11) is -7.76. The monoisotopic (exact) mass is 446 g/mol. The Kier molecular flexibility index (Phi) is 6.00. The summed E-state index contributed by atoms with van der Waals surface area (Å²) in [6.07, 6.45) is 1.81. The van der Waals surface area contributed by atoms with Crippen LogP contribution in [0.15, 0.2) is 52.3 Å². The number of hydrogen-bond donors (Lipinski definition) is 1. The topological polar surface area (TPSA) is 83.6 Å². The summed E-state index contributed by atoms with van der Waals surface area (Å²) in [6.45, 7) is 2.95. The number of halogens is 2. The quantitative estimate of drug-likeness (QED) is 0.759. The number of piperidine rings is 1. The zero-order valence-corrected chi connectivity index (χ0v) is 17.5. The van der Waals surface area contributed by atoms with E-state index in [-0.39, 0.29) is 15.6 Å². The van der Waals surface area contributed by atoms with Crippen molar-refractivity contribution in [1.29, 1.82) is 0 Å². The zero-order valence-electron chi connectivity index (χ0n) is 15.1. The largest absolute Gasteiger partial charge is 0.280 e. The molecular formula is C18H20ClFN2O4S2. The smallest absolute Gasteiger partial charge is 0.263 e. The Morgan fingerprint density at radius 2 is 1.79 bits per heavy atom. The van der Waals surface area contributed by atoms with Gasteiger partial charge >= 0.3 is 0 Å². The Morgan fingerprint density at radius 1 is 1.11 bits per heavy atom. The van der Waals surface area contributed by atoms with Crippen molar-refractivity contribution in [2.45, 2.75) is 29.6 Å². The SMILES string of the molecule is CC1CCCN(S(=O)(=O)c2ccc(NS(=O)(=O)c3cc(F)ccc3Cl)cc2)C1. The second-order valence-corrected chi connectivity index (χ2v) is 10.8. The van der Waals surface area contributed by atoms with E-state index in [1.807, 2.05) is 6.92 Å². The van der Waals surface area contributed by atoms with Gasteiger partial charge in [0.1, 0.15) is 10.7 Å². The Morgan fingerprint density at radius 3 is 2.43 bits per heavy atom. The van der Waals surface area contributed by atoms with E-state index >= 15 is 0 Å². The van der Waals surface area contributed by atoms with Crippen LogP contribution in [0.2, 0.25) is 5.02 Å².